The highest BCUT2D eigenvalue weighted by Crippen LogP contribution is 2.21. The second-order valence-electron chi connectivity index (χ2n) is 4.74. The summed E-state index contributed by atoms with van der Waals surface area (Å²) in [6.45, 7) is 5.94. The van der Waals surface area contributed by atoms with Gasteiger partial charge in [-0.1, -0.05) is 6.08 Å². The van der Waals surface area contributed by atoms with Crippen LogP contribution < -0.4 is 5.32 Å². The highest BCUT2D eigenvalue weighted by atomic mass is 16.1. The van der Waals surface area contributed by atoms with Crippen molar-refractivity contribution in [3.05, 3.63) is 17.8 Å². The Bertz CT molecular complexity index is 538. The molecule has 0 saturated carbocycles. The van der Waals surface area contributed by atoms with E-state index in [9.17, 15) is 4.79 Å². The zero-order chi connectivity index (χ0) is 14.5. The lowest BCUT2D eigenvalue weighted by Gasteiger charge is -2.16. The van der Waals surface area contributed by atoms with Gasteiger partial charge in [0.05, 0.1) is 6.20 Å². The predicted molar refractivity (Wildman–Crippen MR) is 80.2 cm³/mol. The fourth-order valence-electron chi connectivity index (χ4n) is 2.28. The normalized spacial score (nSPS) is 16.1. The second-order valence-corrected chi connectivity index (χ2v) is 4.74. The number of carbonyl (C=O) groups excluding carboxylic acids is 1. The summed E-state index contributed by atoms with van der Waals surface area (Å²) in [6, 6.07) is 0. The van der Waals surface area contributed by atoms with Crippen molar-refractivity contribution in [1.29, 1.82) is 0 Å². The van der Waals surface area contributed by atoms with Crippen LogP contribution in [-0.4, -0.2) is 46.6 Å². The third kappa shape index (κ3) is 2.89. The molecule has 1 N–H and O–H groups in total. The van der Waals surface area contributed by atoms with Gasteiger partial charge >= 0.3 is 0 Å². The van der Waals surface area contributed by atoms with Crippen molar-refractivity contribution < 1.29 is 4.79 Å². The van der Waals surface area contributed by atoms with Gasteiger partial charge < -0.3 is 10.2 Å². The van der Waals surface area contributed by atoms with E-state index in [0.717, 1.165) is 18.9 Å². The molecule has 108 valence electrons. The van der Waals surface area contributed by atoms with E-state index < -0.39 is 0 Å². The molecule has 6 heteroatoms. The molecule has 2 heterocycles. The maximum atomic E-state index is 11.9. The number of carbonyl (C=O) groups is 1. The van der Waals surface area contributed by atoms with Crippen LogP contribution in [0.4, 0.5) is 5.82 Å². The molecular weight excluding hydrogens is 254 g/mol. The quantitative estimate of drug-likeness (QED) is 0.676. The highest BCUT2D eigenvalue weighted by molar-refractivity contribution is 5.99. The van der Waals surface area contributed by atoms with Gasteiger partial charge in [-0.05, 0) is 26.7 Å². The lowest BCUT2D eigenvalue weighted by Crippen LogP contribution is -2.25. The standard InChI is InChI=1S/C14H21N5O/c1-4-7-19-13(12(10-16-19)14(20)15-3)17-11(2)18-8-5-6-9-18/h4,7,10H,5-6,8-9H2,1-3H3,(H,15,20)/b7-4-,17-11?. The fraction of sp³-hybridized carbons (Fsp3) is 0.500. The lowest BCUT2D eigenvalue weighted by atomic mass is 10.3. The third-order valence-corrected chi connectivity index (χ3v) is 3.36. The van der Waals surface area contributed by atoms with Gasteiger partial charge in [-0.25, -0.2) is 9.67 Å². The Balaban J connectivity index is 2.38. The molecule has 1 aliphatic rings. The molecule has 0 spiro atoms. The van der Waals surface area contributed by atoms with E-state index in [2.05, 4.69) is 20.3 Å². The molecule has 1 aromatic heterocycles. The summed E-state index contributed by atoms with van der Waals surface area (Å²) in [4.78, 5) is 18.7. The zero-order valence-corrected chi connectivity index (χ0v) is 12.3. The van der Waals surface area contributed by atoms with E-state index in [1.807, 2.05) is 19.9 Å². The van der Waals surface area contributed by atoms with Crippen LogP contribution in [0.5, 0.6) is 0 Å². The fourth-order valence-corrected chi connectivity index (χ4v) is 2.28. The minimum absolute atomic E-state index is 0.172. The van der Waals surface area contributed by atoms with Crippen LogP contribution >= 0.6 is 0 Å². The van der Waals surface area contributed by atoms with Crippen LogP contribution in [0.25, 0.3) is 6.20 Å². The topological polar surface area (TPSA) is 62.5 Å². The number of hydrogen-bond donors (Lipinski definition) is 1. The van der Waals surface area contributed by atoms with Crippen LogP contribution in [0.2, 0.25) is 0 Å². The minimum Gasteiger partial charge on any atom is -0.360 e. The average molecular weight is 275 g/mol. The van der Waals surface area contributed by atoms with Crippen LogP contribution in [0.1, 0.15) is 37.0 Å². The van der Waals surface area contributed by atoms with E-state index in [0.29, 0.717) is 11.4 Å². The van der Waals surface area contributed by atoms with Gasteiger partial charge in [-0.15, -0.1) is 0 Å². The number of nitrogens with one attached hydrogen (secondary N) is 1. The predicted octanol–water partition coefficient (Wildman–Crippen LogP) is 1.88. The molecule has 1 aromatic rings. The van der Waals surface area contributed by atoms with Gasteiger partial charge in [0.15, 0.2) is 5.82 Å². The molecular formula is C14H21N5O. The van der Waals surface area contributed by atoms with Crippen molar-refractivity contribution in [1.82, 2.24) is 20.0 Å². The van der Waals surface area contributed by atoms with Crippen LogP contribution in [-0.2, 0) is 0 Å². The van der Waals surface area contributed by atoms with Crippen LogP contribution in [0.15, 0.2) is 17.3 Å². The second kappa shape index (κ2) is 6.36. The Morgan fingerprint density at radius 1 is 1.45 bits per heavy atom. The van der Waals surface area contributed by atoms with Crippen molar-refractivity contribution in [3.63, 3.8) is 0 Å². The Labute approximate surface area is 119 Å². The first-order valence-electron chi connectivity index (χ1n) is 6.90. The smallest absolute Gasteiger partial charge is 0.256 e. The molecule has 0 atom stereocenters. The van der Waals surface area contributed by atoms with Gasteiger partial charge in [0.2, 0.25) is 0 Å². The van der Waals surface area contributed by atoms with E-state index >= 15 is 0 Å². The molecule has 6 nitrogen and oxygen atoms in total. The molecule has 0 unspecified atom stereocenters. The Morgan fingerprint density at radius 2 is 2.15 bits per heavy atom. The number of allylic oxidation sites excluding steroid dienone is 1. The SMILES string of the molecule is C/C=C\n1ncc(C(=O)NC)c1N=C(C)N1CCCC1. The molecule has 1 fully saturated rings. The molecule has 1 saturated heterocycles. The maximum Gasteiger partial charge on any atom is 0.256 e. The zero-order valence-electron chi connectivity index (χ0n) is 12.3. The van der Waals surface area contributed by atoms with Crippen molar-refractivity contribution in [2.75, 3.05) is 20.1 Å². The van der Waals surface area contributed by atoms with E-state index in [-0.39, 0.29) is 5.91 Å². The number of amidine groups is 1. The lowest BCUT2D eigenvalue weighted by molar-refractivity contribution is 0.0964. The van der Waals surface area contributed by atoms with Crippen molar-refractivity contribution in [2.24, 2.45) is 4.99 Å². The Morgan fingerprint density at radius 3 is 2.75 bits per heavy atom. The first-order chi connectivity index (χ1) is 9.67. The number of rotatable bonds is 3. The molecule has 1 aliphatic heterocycles. The van der Waals surface area contributed by atoms with Crippen molar-refractivity contribution in [2.45, 2.75) is 26.7 Å². The number of likely N-dealkylation sites (tertiary alicyclic amines) is 1. The summed E-state index contributed by atoms with van der Waals surface area (Å²) < 4.78 is 1.63. The number of aromatic nitrogens is 2. The summed E-state index contributed by atoms with van der Waals surface area (Å²) >= 11 is 0. The van der Waals surface area contributed by atoms with Gasteiger partial charge in [-0.2, -0.15) is 5.10 Å². The van der Waals surface area contributed by atoms with Crippen LogP contribution in [0, 0.1) is 0 Å². The highest BCUT2D eigenvalue weighted by Gasteiger charge is 2.18. The van der Waals surface area contributed by atoms with E-state index in [1.165, 1.54) is 12.8 Å². The molecule has 0 bridgehead atoms. The van der Waals surface area contributed by atoms with Crippen molar-refractivity contribution in [3.8, 4) is 0 Å². The summed E-state index contributed by atoms with van der Waals surface area (Å²) in [5, 5.41) is 6.82. The number of nitrogens with zero attached hydrogens (tertiary/aromatic N) is 4. The molecule has 2 rings (SSSR count). The van der Waals surface area contributed by atoms with Gasteiger partial charge in [0.25, 0.3) is 5.91 Å². The van der Waals surface area contributed by atoms with Gasteiger partial charge in [0, 0.05) is 26.3 Å². The summed E-state index contributed by atoms with van der Waals surface area (Å²) in [5.74, 6) is 1.33. The van der Waals surface area contributed by atoms with Crippen LogP contribution in [0.3, 0.4) is 0 Å². The minimum atomic E-state index is -0.172. The maximum absolute atomic E-state index is 11.9. The molecule has 0 radical (unpaired) electrons. The first kappa shape index (κ1) is 14.3. The number of hydrogen-bond acceptors (Lipinski definition) is 3. The summed E-state index contributed by atoms with van der Waals surface area (Å²) in [5.41, 5.74) is 0.490. The molecule has 0 aliphatic carbocycles. The molecule has 1 amide bonds. The number of amides is 1. The molecule has 0 aromatic carbocycles. The molecule has 20 heavy (non-hydrogen) atoms. The largest absolute Gasteiger partial charge is 0.360 e. The third-order valence-electron chi connectivity index (χ3n) is 3.36. The Hall–Kier alpha value is -2.11. The summed E-state index contributed by atoms with van der Waals surface area (Å²) in [6.07, 6.45) is 7.61. The van der Waals surface area contributed by atoms with Gasteiger partial charge in [0.1, 0.15) is 11.4 Å². The van der Waals surface area contributed by atoms with E-state index in [4.69, 9.17) is 0 Å². The van der Waals surface area contributed by atoms with E-state index in [1.54, 1.807) is 24.1 Å². The first-order valence-corrected chi connectivity index (χ1v) is 6.90. The monoisotopic (exact) mass is 275 g/mol. The van der Waals surface area contributed by atoms with Crippen molar-refractivity contribution >= 4 is 23.8 Å². The van der Waals surface area contributed by atoms with Gasteiger partial charge in [-0.3, -0.25) is 4.79 Å². The number of aliphatic imine (C=N–C) groups is 1. The Kier molecular flexibility index (Phi) is 4.55. The summed E-state index contributed by atoms with van der Waals surface area (Å²) in [7, 11) is 1.61. The average Bonchev–Trinajstić information content (AvgIpc) is 3.09.